The van der Waals surface area contributed by atoms with Crippen LogP contribution in [-0.4, -0.2) is 4.98 Å². The molecule has 1 aromatic heterocycles. The van der Waals surface area contributed by atoms with Gasteiger partial charge in [-0.1, -0.05) is 17.7 Å². The van der Waals surface area contributed by atoms with Crippen molar-refractivity contribution in [2.45, 2.75) is 17.6 Å². The largest absolute Gasteiger partial charge is 0.230 e. The van der Waals surface area contributed by atoms with Crippen LogP contribution in [0.4, 0.5) is 0 Å². The maximum Gasteiger partial charge on any atom is 0.151 e. The normalized spacial score (nSPS) is 10.0. The van der Waals surface area contributed by atoms with Crippen molar-refractivity contribution >= 4 is 23.1 Å². The Morgan fingerprint density at radius 3 is 2.75 bits per heavy atom. The number of aromatic nitrogens is 1. The molecular weight excluding hydrogens is 236 g/mol. The van der Waals surface area contributed by atoms with Gasteiger partial charge in [-0.05, 0) is 19.1 Å². The van der Waals surface area contributed by atoms with Crippen LogP contribution in [0.1, 0.15) is 16.3 Å². The lowest BCUT2D eigenvalue weighted by atomic mass is 10.2. The summed E-state index contributed by atoms with van der Waals surface area (Å²) in [5.74, 6) is 0.829. The lowest BCUT2D eigenvalue weighted by Gasteiger charge is -1.99. The van der Waals surface area contributed by atoms with Crippen LogP contribution >= 0.6 is 23.1 Å². The van der Waals surface area contributed by atoms with Gasteiger partial charge in [0.15, 0.2) is 5.69 Å². The maximum atomic E-state index is 8.65. The van der Waals surface area contributed by atoms with Gasteiger partial charge in [0.1, 0.15) is 11.1 Å². The average Bonchev–Trinajstić information content (AvgIpc) is 2.76. The molecule has 1 heterocycles. The first-order valence-corrected chi connectivity index (χ1v) is 6.68. The molecule has 4 heteroatoms. The van der Waals surface area contributed by atoms with Gasteiger partial charge < -0.3 is 0 Å². The highest BCUT2D eigenvalue weighted by atomic mass is 32.2. The minimum absolute atomic E-state index is 0.518. The van der Waals surface area contributed by atoms with E-state index < -0.39 is 0 Å². The third kappa shape index (κ3) is 2.84. The standard InChI is InChI=1S/C12H10N2S2/c1-9-2-4-11(5-3-9)15-8-12-14-10(6-13)7-16-12/h2-5,7H,8H2,1H3. The van der Waals surface area contributed by atoms with E-state index in [1.165, 1.54) is 10.5 Å². The van der Waals surface area contributed by atoms with E-state index in [9.17, 15) is 0 Å². The quantitative estimate of drug-likeness (QED) is 0.776. The van der Waals surface area contributed by atoms with Crippen molar-refractivity contribution in [2.75, 3.05) is 0 Å². The monoisotopic (exact) mass is 246 g/mol. The summed E-state index contributed by atoms with van der Waals surface area (Å²) in [6, 6.07) is 10.5. The minimum Gasteiger partial charge on any atom is -0.230 e. The van der Waals surface area contributed by atoms with Crippen molar-refractivity contribution in [2.24, 2.45) is 0 Å². The number of rotatable bonds is 3. The molecule has 0 spiro atoms. The van der Waals surface area contributed by atoms with Crippen molar-refractivity contribution in [1.82, 2.24) is 4.98 Å². The van der Waals surface area contributed by atoms with E-state index in [0.29, 0.717) is 5.69 Å². The van der Waals surface area contributed by atoms with Crippen molar-refractivity contribution in [3.8, 4) is 6.07 Å². The van der Waals surface area contributed by atoms with E-state index in [-0.39, 0.29) is 0 Å². The van der Waals surface area contributed by atoms with Crippen LogP contribution in [0.2, 0.25) is 0 Å². The Morgan fingerprint density at radius 2 is 2.12 bits per heavy atom. The number of benzene rings is 1. The lowest BCUT2D eigenvalue weighted by molar-refractivity contribution is 1.23. The van der Waals surface area contributed by atoms with Crippen molar-refractivity contribution in [3.05, 3.63) is 45.9 Å². The smallest absolute Gasteiger partial charge is 0.151 e. The van der Waals surface area contributed by atoms with Crippen LogP contribution in [-0.2, 0) is 5.75 Å². The molecule has 0 radical (unpaired) electrons. The minimum atomic E-state index is 0.518. The Morgan fingerprint density at radius 1 is 1.38 bits per heavy atom. The number of aryl methyl sites for hydroxylation is 1. The van der Waals surface area contributed by atoms with E-state index >= 15 is 0 Å². The van der Waals surface area contributed by atoms with Gasteiger partial charge in [-0.15, -0.1) is 23.1 Å². The summed E-state index contributed by atoms with van der Waals surface area (Å²) in [6.07, 6.45) is 0. The molecule has 2 nitrogen and oxygen atoms in total. The second kappa shape index (κ2) is 5.15. The summed E-state index contributed by atoms with van der Waals surface area (Å²) in [6.45, 7) is 2.08. The highest BCUT2D eigenvalue weighted by Crippen LogP contribution is 2.24. The zero-order valence-corrected chi connectivity index (χ0v) is 10.4. The van der Waals surface area contributed by atoms with Gasteiger partial charge in [0.2, 0.25) is 0 Å². The maximum absolute atomic E-state index is 8.65. The molecule has 1 aromatic carbocycles. The zero-order valence-electron chi connectivity index (χ0n) is 8.80. The highest BCUT2D eigenvalue weighted by molar-refractivity contribution is 7.98. The lowest BCUT2D eigenvalue weighted by Crippen LogP contribution is -1.80. The third-order valence-corrected chi connectivity index (χ3v) is 4.10. The molecule has 0 atom stereocenters. The van der Waals surface area contributed by atoms with Crippen molar-refractivity contribution in [3.63, 3.8) is 0 Å². The molecule has 0 saturated heterocycles. The first-order valence-electron chi connectivity index (χ1n) is 4.82. The molecule has 0 aliphatic heterocycles. The molecule has 80 valence electrons. The molecule has 0 aliphatic rings. The molecular formula is C12H10N2S2. The number of nitriles is 1. The van der Waals surface area contributed by atoms with E-state index in [2.05, 4.69) is 36.2 Å². The van der Waals surface area contributed by atoms with Crippen LogP contribution in [0.3, 0.4) is 0 Å². The second-order valence-corrected chi connectivity index (χ2v) is 5.33. The van der Waals surface area contributed by atoms with E-state index in [0.717, 1.165) is 10.8 Å². The number of hydrogen-bond donors (Lipinski definition) is 0. The van der Waals surface area contributed by atoms with Crippen LogP contribution in [0.25, 0.3) is 0 Å². The summed E-state index contributed by atoms with van der Waals surface area (Å²) in [7, 11) is 0. The predicted molar refractivity (Wildman–Crippen MR) is 67.6 cm³/mol. The molecule has 0 amide bonds. The Kier molecular flexibility index (Phi) is 3.60. The number of thiazole rings is 1. The fourth-order valence-electron chi connectivity index (χ4n) is 1.21. The van der Waals surface area contributed by atoms with E-state index in [1.54, 1.807) is 28.5 Å². The molecule has 0 aliphatic carbocycles. The molecule has 0 fully saturated rings. The number of nitrogens with zero attached hydrogens (tertiary/aromatic N) is 2. The van der Waals surface area contributed by atoms with Crippen molar-refractivity contribution < 1.29 is 0 Å². The van der Waals surface area contributed by atoms with Crippen LogP contribution in [0.5, 0.6) is 0 Å². The van der Waals surface area contributed by atoms with Gasteiger partial charge in [-0.2, -0.15) is 5.26 Å². The molecule has 2 rings (SSSR count). The molecule has 0 N–H and O–H groups in total. The van der Waals surface area contributed by atoms with Gasteiger partial charge in [0, 0.05) is 10.3 Å². The van der Waals surface area contributed by atoms with Gasteiger partial charge >= 0.3 is 0 Å². The Labute approximate surface area is 103 Å². The molecule has 0 saturated carbocycles. The summed E-state index contributed by atoms with van der Waals surface area (Å²) in [4.78, 5) is 5.43. The van der Waals surface area contributed by atoms with Gasteiger partial charge in [0.25, 0.3) is 0 Å². The van der Waals surface area contributed by atoms with Gasteiger partial charge in [-0.25, -0.2) is 4.98 Å². The molecule has 0 unspecified atom stereocenters. The predicted octanol–water partition coefficient (Wildman–Crippen LogP) is 3.62. The number of hydrogen-bond acceptors (Lipinski definition) is 4. The van der Waals surface area contributed by atoms with Gasteiger partial charge in [0.05, 0.1) is 5.75 Å². The third-order valence-electron chi connectivity index (χ3n) is 2.05. The van der Waals surface area contributed by atoms with Crippen molar-refractivity contribution in [1.29, 1.82) is 5.26 Å². The Hall–Kier alpha value is -1.31. The topological polar surface area (TPSA) is 36.7 Å². The summed E-state index contributed by atoms with van der Waals surface area (Å²) in [5, 5.41) is 11.5. The first kappa shape index (κ1) is 11.2. The van der Waals surface area contributed by atoms with Crippen LogP contribution < -0.4 is 0 Å². The number of thioether (sulfide) groups is 1. The zero-order chi connectivity index (χ0) is 11.4. The first-order chi connectivity index (χ1) is 7.78. The van der Waals surface area contributed by atoms with Crippen LogP contribution in [0, 0.1) is 18.3 Å². The molecule has 16 heavy (non-hydrogen) atoms. The van der Waals surface area contributed by atoms with Crippen LogP contribution in [0.15, 0.2) is 34.5 Å². The average molecular weight is 246 g/mol. The summed E-state index contributed by atoms with van der Waals surface area (Å²) in [5.41, 5.74) is 1.79. The second-order valence-electron chi connectivity index (χ2n) is 3.34. The molecule has 2 aromatic rings. The van der Waals surface area contributed by atoms with E-state index in [4.69, 9.17) is 5.26 Å². The Bertz CT molecular complexity index is 509. The van der Waals surface area contributed by atoms with E-state index in [1.807, 2.05) is 6.07 Å². The summed E-state index contributed by atoms with van der Waals surface area (Å²) < 4.78 is 0. The van der Waals surface area contributed by atoms with Gasteiger partial charge in [-0.3, -0.25) is 0 Å². The SMILES string of the molecule is Cc1ccc(SCc2nc(C#N)cs2)cc1. The summed E-state index contributed by atoms with van der Waals surface area (Å²) >= 11 is 3.29. The fourth-order valence-corrected chi connectivity index (χ4v) is 2.84. The fraction of sp³-hybridized carbons (Fsp3) is 0.167. The Balaban J connectivity index is 1.97. The highest BCUT2D eigenvalue weighted by Gasteiger charge is 2.01. The molecule has 0 bridgehead atoms.